The topological polar surface area (TPSA) is 106 Å². The lowest BCUT2D eigenvalue weighted by atomic mass is 9.83. The van der Waals surface area contributed by atoms with Gasteiger partial charge in [-0.2, -0.15) is 8.42 Å². The lowest BCUT2D eigenvalue weighted by Crippen LogP contribution is -2.25. The fourth-order valence-electron chi connectivity index (χ4n) is 3.84. The second-order valence-corrected chi connectivity index (χ2v) is 10.1. The Hall–Kier alpha value is -4.08. The molecule has 0 aliphatic rings. The first-order chi connectivity index (χ1) is 18.3. The fraction of sp³-hybridized carbons (Fsp3) is 0.107. The van der Waals surface area contributed by atoms with Gasteiger partial charge in [0.15, 0.2) is 6.10 Å². The molecule has 2 atom stereocenters. The standard InChI is InChI=1S/C28H22ClFN2O5S/c29-23-12-8-19(9-13-23)25(20-10-14-24(15-11-20)37-38(34,35)18-30)26(31)27(21-5-2-1-3-6-21)36-28(33)22-7-4-16-32-17-22/h1-17,25,27,31H,18H2. The molecule has 0 bridgehead atoms. The van der Waals surface area contributed by atoms with Gasteiger partial charge >= 0.3 is 16.1 Å². The van der Waals surface area contributed by atoms with Gasteiger partial charge in [-0.1, -0.05) is 66.2 Å². The molecule has 0 saturated heterocycles. The smallest absolute Gasteiger partial charge is 0.340 e. The molecule has 0 amide bonds. The van der Waals surface area contributed by atoms with E-state index in [0.717, 1.165) is 0 Å². The van der Waals surface area contributed by atoms with Crippen LogP contribution in [0.3, 0.4) is 0 Å². The average molecular weight is 553 g/mol. The summed E-state index contributed by atoms with van der Waals surface area (Å²) < 4.78 is 46.3. The lowest BCUT2D eigenvalue weighted by Gasteiger charge is -2.26. The van der Waals surface area contributed by atoms with Crippen molar-refractivity contribution < 1.29 is 26.5 Å². The molecule has 7 nitrogen and oxygen atoms in total. The van der Waals surface area contributed by atoms with Gasteiger partial charge < -0.3 is 14.3 Å². The Balaban J connectivity index is 1.75. The average Bonchev–Trinajstić information content (AvgIpc) is 2.94. The molecule has 4 rings (SSSR count). The monoisotopic (exact) mass is 552 g/mol. The third-order valence-corrected chi connectivity index (χ3v) is 6.56. The largest absolute Gasteiger partial charge is 0.448 e. The number of hydrogen-bond acceptors (Lipinski definition) is 7. The van der Waals surface area contributed by atoms with Crippen LogP contribution >= 0.6 is 11.6 Å². The Labute approximate surface area is 224 Å². The minimum Gasteiger partial charge on any atom is -0.448 e. The second-order valence-electron chi connectivity index (χ2n) is 8.20. The van der Waals surface area contributed by atoms with Crippen molar-refractivity contribution in [2.24, 2.45) is 0 Å². The van der Waals surface area contributed by atoms with Gasteiger partial charge in [0.1, 0.15) is 5.75 Å². The molecule has 0 aliphatic carbocycles. The molecular formula is C28H22ClFN2O5S. The number of carbonyl (C=O) groups is 1. The molecule has 0 aliphatic heterocycles. The molecule has 1 heterocycles. The maximum atomic E-state index is 13.0. The third kappa shape index (κ3) is 6.62. The van der Waals surface area contributed by atoms with E-state index in [1.54, 1.807) is 72.8 Å². The highest BCUT2D eigenvalue weighted by molar-refractivity contribution is 7.86. The van der Waals surface area contributed by atoms with Crippen LogP contribution in [0.4, 0.5) is 4.39 Å². The Bertz CT molecular complexity index is 1500. The van der Waals surface area contributed by atoms with Crippen molar-refractivity contribution in [2.45, 2.75) is 12.0 Å². The summed E-state index contributed by atoms with van der Waals surface area (Å²) in [6.07, 6.45) is 1.86. The van der Waals surface area contributed by atoms with Gasteiger partial charge in [0.25, 0.3) is 0 Å². The highest BCUT2D eigenvalue weighted by Gasteiger charge is 2.31. The van der Waals surface area contributed by atoms with Gasteiger partial charge in [-0.15, -0.1) is 0 Å². The van der Waals surface area contributed by atoms with Crippen LogP contribution in [-0.4, -0.2) is 31.1 Å². The van der Waals surface area contributed by atoms with Gasteiger partial charge in [-0.25, -0.2) is 9.18 Å². The number of halogens is 2. The van der Waals surface area contributed by atoms with Crippen molar-refractivity contribution in [3.63, 3.8) is 0 Å². The summed E-state index contributed by atoms with van der Waals surface area (Å²) in [5.74, 6) is -1.44. The number of ether oxygens (including phenoxy) is 1. The summed E-state index contributed by atoms with van der Waals surface area (Å²) in [6, 6.07) is 23.2. The molecule has 1 aromatic heterocycles. The van der Waals surface area contributed by atoms with Gasteiger partial charge in [-0.3, -0.25) is 4.98 Å². The van der Waals surface area contributed by atoms with Crippen molar-refractivity contribution in [1.29, 1.82) is 5.41 Å². The van der Waals surface area contributed by atoms with Crippen molar-refractivity contribution >= 4 is 33.4 Å². The minimum atomic E-state index is -4.35. The molecule has 2 unspecified atom stereocenters. The minimum absolute atomic E-state index is 0.0424. The second kappa shape index (κ2) is 12.0. The SMILES string of the molecule is N=C(C(OC(=O)c1cccnc1)c1ccccc1)C(c1ccc(Cl)cc1)c1ccc(OS(=O)(=O)CF)cc1. The number of rotatable bonds is 10. The number of benzene rings is 3. The van der Waals surface area contributed by atoms with E-state index in [0.29, 0.717) is 21.7 Å². The Morgan fingerprint density at radius 2 is 1.53 bits per heavy atom. The Morgan fingerprint density at radius 3 is 2.11 bits per heavy atom. The van der Waals surface area contributed by atoms with E-state index >= 15 is 0 Å². The van der Waals surface area contributed by atoms with E-state index in [1.807, 2.05) is 6.07 Å². The zero-order valence-corrected chi connectivity index (χ0v) is 21.4. The number of hydrogen-bond donors (Lipinski definition) is 1. The highest BCUT2D eigenvalue weighted by atomic mass is 35.5. The Morgan fingerprint density at radius 1 is 0.895 bits per heavy atom. The Kier molecular flexibility index (Phi) is 8.50. The van der Waals surface area contributed by atoms with Gasteiger partial charge in [-0.05, 0) is 53.1 Å². The summed E-state index contributed by atoms with van der Waals surface area (Å²) in [6.45, 7) is 0. The van der Waals surface area contributed by atoms with E-state index in [2.05, 4.69) is 4.98 Å². The van der Waals surface area contributed by atoms with Crippen molar-refractivity contribution in [3.05, 3.63) is 131 Å². The molecule has 194 valence electrons. The van der Waals surface area contributed by atoms with E-state index in [1.165, 1.54) is 24.5 Å². The maximum absolute atomic E-state index is 13.0. The fourth-order valence-corrected chi connectivity index (χ4v) is 4.42. The first kappa shape index (κ1) is 27.0. The van der Waals surface area contributed by atoms with Gasteiger partial charge in [0, 0.05) is 17.4 Å². The molecular weight excluding hydrogens is 531 g/mol. The molecule has 0 spiro atoms. The van der Waals surface area contributed by atoms with E-state index < -0.39 is 34.1 Å². The van der Waals surface area contributed by atoms with Crippen molar-refractivity contribution in [1.82, 2.24) is 4.98 Å². The van der Waals surface area contributed by atoms with E-state index in [4.69, 9.17) is 20.5 Å². The van der Waals surface area contributed by atoms with Crippen LogP contribution in [0.2, 0.25) is 5.02 Å². The normalized spacial score (nSPS) is 12.8. The first-order valence-corrected chi connectivity index (χ1v) is 13.3. The van der Waals surface area contributed by atoms with Crippen LogP contribution in [0.25, 0.3) is 0 Å². The van der Waals surface area contributed by atoms with E-state index in [9.17, 15) is 23.0 Å². The zero-order valence-electron chi connectivity index (χ0n) is 19.8. The number of pyridine rings is 1. The number of esters is 1. The lowest BCUT2D eigenvalue weighted by molar-refractivity contribution is 0.0417. The highest BCUT2D eigenvalue weighted by Crippen LogP contribution is 2.35. The number of nitrogens with zero attached hydrogens (tertiary/aromatic N) is 1. The number of nitrogens with one attached hydrogen (secondary N) is 1. The molecule has 0 saturated carbocycles. The number of alkyl halides is 1. The molecule has 38 heavy (non-hydrogen) atoms. The van der Waals surface area contributed by atoms with Crippen LogP contribution < -0.4 is 4.18 Å². The first-order valence-electron chi connectivity index (χ1n) is 11.4. The van der Waals surface area contributed by atoms with Crippen LogP contribution in [-0.2, 0) is 14.9 Å². The summed E-state index contributed by atoms with van der Waals surface area (Å²) in [4.78, 5) is 17.0. The molecule has 4 aromatic rings. The zero-order chi connectivity index (χ0) is 27.1. The summed E-state index contributed by atoms with van der Waals surface area (Å²) in [7, 11) is -4.35. The maximum Gasteiger partial charge on any atom is 0.340 e. The molecule has 10 heteroatoms. The molecule has 0 fully saturated rings. The number of aromatic nitrogens is 1. The van der Waals surface area contributed by atoms with Crippen molar-refractivity contribution in [2.75, 3.05) is 6.01 Å². The van der Waals surface area contributed by atoms with Crippen LogP contribution in [0, 0.1) is 5.41 Å². The van der Waals surface area contributed by atoms with E-state index in [-0.39, 0.29) is 17.0 Å². The molecule has 1 N–H and O–H groups in total. The predicted octanol–water partition coefficient (Wildman–Crippen LogP) is 6.12. The predicted molar refractivity (Wildman–Crippen MR) is 142 cm³/mol. The van der Waals surface area contributed by atoms with Crippen molar-refractivity contribution in [3.8, 4) is 5.75 Å². The molecule has 3 aromatic carbocycles. The van der Waals surface area contributed by atoms with Gasteiger partial charge in [0.2, 0.25) is 6.01 Å². The third-order valence-electron chi connectivity index (χ3n) is 5.59. The molecule has 0 radical (unpaired) electrons. The van der Waals surface area contributed by atoms with Crippen LogP contribution in [0.15, 0.2) is 103 Å². The summed E-state index contributed by atoms with van der Waals surface area (Å²) in [5, 5.41) is 9.75. The van der Waals surface area contributed by atoms with Gasteiger partial charge in [0.05, 0.1) is 17.2 Å². The summed E-state index contributed by atoms with van der Waals surface area (Å²) in [5.41, 5.74) is 2.13. The summed E-state index contributed by atoms with van der Waals surface area (Å²) >= 11 is 6.10. The number of carbonyl (C=O) groups excluding carboxylic acids is 1. The van der Waals surface area contributed by atoms with Crippen LogP contribution in [0.5, 0.6) is 5.75 Å². The van der Waals surface area contributed by atoms with Crippen LogP contribution in [0.1, 0.15) is 39.1 Å². The quantitative estimate of drug-likeness (QED) is 0.144.